The van der Waals surface area contributed by atoms with Crippen molar-refractivity contribution in [3.8, 4) is 0 Å². The number of amides is 2. The summed E-state index contributed by atoms with van der Waals surface area (Å²) in [5, 5.41) is 3.30. The highest BCUT2D eigenvalue weighted by molar-refractivity contribution is 6.33. The van der Waals surface area contributed by atoms with Gasteiger partial charge in [-0.3, -0.25) is 14.5 Å². The van der Waals surface area contributed by atoms with Crippen molar-refractivity contribution in [3.63, 3.8) is 0 Å². The molecule has 0 saturated carbocycles. The molecular formula is C22H26ClN5O3. The normalized spacial score (nSPS) is 21.5. The summed E-state index contributed by atoms with van der Waals surface area (Å²) in [6, 6.07) is 7.28. The van der Waals surface area contributed by atoms with Crippen LogP contribution in [0.25, 0.3) is 0 Å². The molecule has 2 aliphatic heterocycles. The van der Waals surface area contributed by atoms with Crippen molar-refractivity contribution in [1.29, 1.82) is 0 Å². The first-order chi connectivity index (χ1) is 15.0. The molecule has 2 atom stereocenters. The SMILES string of the molecule is CO[C@@H]1CC(/C=C/C(=O)N2CCn3c(C(=O)Nc4ccccc4Cl)cnc3C2)N(C)C1. The molecule has 4 rings (SSSR count). The quantitative estimate of drug-likeness (QED) is 0.718. The van der Waals surface area contributed by atoms with Gasteiger partial charge in [0.2, 0.25) is 5.91 Å². The minimum Gasteiger partial charge on any atom is -0.380 e. The molecule has 0 radical (unpaired) electrons. The Bertz CT molecular complexity index is 1000. The molecule has 2 amide bonds. The second kappa shape index (κ2) is 9.21. The zero-order chi connectivity index (χ0) is 22.0. The number of imidazole rings is 1. The van der Waals surface area contributed by atoms with Crippen molar-refractivity contribution >= 4 is 29.1 Å². The van der Waals surface area contributed by atoms with Crippen LogP contribution in [0.4, 0.5) is 5.69 Å². The fourth-order valence-electron chi connectivity index (χ4n) is 4.05. The van der Waals surface area contributed by atoms with Crippen LogP contribution in [0.3, 0.4) is 0 Å². The maximum absolute atomic E-state index is 12.7. The molecule has 0 aliphatic carbocycles. The number of carbonyl (C=O) groups excluding carboxylic acids is 2. The van der Waals surface area contributed by atoms with E-state index in [0.29, 0.717) is 41.9 Å². The fourth-order valence-corrected chi connectivity index (χ4v) is 4.24. The van der Waals surface area contributed by atoms with Crippen LogP contribution in [0, 0.1) is 0 Å². The van der Waals surface area contributed by atoms with E-state index >= 15 is 0 Å². The van der Waals surface area contributed by atoms with Gasteiger partial charge >= 0.3 is 0 Å². The summed E-state index contributed by atoms with van der Waals surface area (Å²) < 4.78 is 7.27. The number of para-hydroxylation sites is 1. The maximum Gasteiger partial charge on any atom is 0.273 e. The molecule has 164 valence electrons. The number of anilines is 1. The molecular weight excluding hydrogens is 418 g/mol. The summed E-state index contributed by atoms with van der Waals surface area (Å²) in [4.78, 5) is 33.7. The highest BCUT2D eigenvalue weighted by atomic mass is 35.5. The largest absolute Gasteiger partial charge is 0.380 e. The molecule has 8 nitrogen and oxygen atoms in total. The monoisotopic (exact) mass is 443 g/mol. The summed E-state index contributed by atoms with van der Waals surface area (Å²) >= 11 is 6.13. The molecule has 1 unspecified atom stereocenters. The second-order valence-corrected chi connectivity index (χ2v) is 8.27. The fraction of sp³-hybridized carbons (Fsp3) is 0.409. The number of nitrogens with one attached hydrogen (secondary N) is 1. The Morgan fingerprint density at radius 3 is 2.84 bits per heavy atom. The van der Waals surface area contributed by atoms with Gasteiger partial charge in [0, 0.05) is 38.9 Å². The molecule has 9 heteroatoms. The number of carbonyl (C=O) groups is 2. The van der Waals surface area contributed by atoms with Crippen LogP contribution in [0.2, 0.25) is 5.02 Å². The van der Waals surface area contributed by atoms with Crippen LogP contribution in [0.5, 0.6) is 0 Å². The number of halogens is 1. The van der Waals surface area contributed by atoms with E-state index in [-0.39, 0.29) is 24.0 Å². The molecule has 0 spiro atoms. The lowest BCUT2D eigenvalue weighted by atomic mass is 10.2. The van der Waals surface area contributed by atoms with Crippen molar-refractivity contribution in [1.82, 2.24) is 19.4 Å². The predicted molar refractivity (Wildman–Crippen MR) is 118 cm³/mol. The zero-order valence-corrected chi connectivity index (χ0v) is 18.4. The highest BCUT2D eigenvalue weighted by Crippen LogP contribution is 2.23. The van der Waals surface area contributed by atoms with Crippen molar-refractivity contribution in [3.05, 3.63) is 59.2 Å². The van der Waals surface area contributed by atoms with Gasteiger partial charge in [-0.1, -0.05) is 29.8 Å². The molecule has 1 aromatic carbocycles. The first-order valence-electron chi connectivity index (χ1n) is 10.3. The number of likely N-dealkylation sites (tertiary alicyclic amines) is 1. The molecule has 2 aromatic rings. The van der Waals surface area contributed by atoms with E-state index in [9.17, 15) is 9.59 Å². The Labute approximate surface area is 186 Å². The molecule has 1 fully saturated rings. The van der Waals surface area contributed by atoms with Gasteiger partial charge in [-0.05, 0) is 25.6 Å². The van der Waals surface area contributed by atoms with Crippen molar-refractivity contribution in [2.75, 3.05) is 32.6 Å². The molecule has 1 saturated heterocycles. The van der Waals surface area contributed by atoms with Crippen LogP contribution >= 0.6 is 11.6 Å². The third-order valence-electron chi connectivity index (χ3n) is 5.89. The zero-order valence-electron chi connectivity index (χ0n) is 17.6. The average Bonchev–Trinajstić information content (AvgIpc) is 3.36. The molecule has 3 heterocycles. The third kappa shape index (κ3) is 4.66. The summed E-state index contributed by atoms with van der Waals surface area (Å²) in [5.41, 5.74) is 1.01. The Morgan fingerprint density at radius 1 is 1.29 bits per heavy atom. The van der Waals surface area contributed by atoms with Gasteiger partial charge in [0.25, 0.3) is 5.91 Å². The molecule has 1 aromatic heterocycles. The lowest BCUT2D eigenvalue weighted by Crippen LogP contribution is -2.38. The Balaban J connectivity index is 1.39. The van der Waals surface area contributed by atoms with E-state index in [1.807, 2.05) is 23.8 Å². The smallest absolute Gasteiger partial charge is 0.273 e. The first kappa shape index (κ1) is 21.5. The van der Waals surface area contributed by atoms with E-state index in [1.165, 1.54) is 0 Å². The number of hydrogen-bond donors (Lipinski definition) is 1. The van der Waals surface area contributed by atoms with Crippen LogP contribution in [0.15, 0.2) is 42.6 Å². The molecule has 2 aliphatic rings. The number of benzene rings is 1. The number of nitrogens with zero attached hydrogens (tertiary/aromatic N) is 4. The molecule has 31 heavy (non-hydrogen) atoms. The molecule has 1 N–H and O–H groups in total. The van der Waals surface area contributed by atoms with Gasteiger partial charge in [-0.2, -0.15) is 0 Å². The summed E-state index contributed by atoms with van der Waals surface area (Å²) in [5.74, 6) is 0.365. The van der Waals surface area contributed by atoms with Gasteiger partial charge in [0.15, 0.2) is 0 Å². The predicted octanol–water partition coefficient (Wildman–Crippen LogP) is 2.41. The standard InChI is InChI=1S/C22H26ClN5O3/c1-26-13-16(31-2)11-15(26)7-8-21(29)27-9-10-28-19(12-24-20(28)14-27)22(30)25-18-6-4-3-5-17(18)23/h3-8,12,15-16H,9-11,13-14H2,1-2H3,(H,25,30)/b8-7+/t15?,16-/m1/s1. The van der Waals surface area contributed by atoms with Crippen LogP contribution < -0.4 is 5.32 Å². The Hall–Kier alpha value is -2.68. The van der Waals surface area contributed by atoms with Crippen molar-refractivity contribution < 1.29 is 14.3 Å². The average molecular weight is 444 g/mol. The van der Waals surface area contributed by atoms with Crippen LogP contribution in [0.1, 0.15) is 22.7 Å². The summed E-state index contributed by atoms with van der Waals surface area (Å²) in [6.07, 6.45) is 6.22. The summed E-state index contributed by atoms with van der Waals surface area (Å²) in [7, 11) is 3.75. The van der Waals surface area contributed by atoms with E-state index in [1.54, 1.807) is 42.5 Å². The van der Waals surface area contributed by atoms with E-state index in [2.05, 4.69) is 15.2 Å². The Kier molecular flexibility index (Phi) is 6.41. The topological polar surface area (TPSA) is 79.7 Å². The van der Waals surface area contributed by atoms with E-state index in [4.69, 9.17) is 16.3 Å². The number of methoxy groups -OCH3 is 1. The number of rotatable bonds is 5. The third-order valence-corrected chi connectivity index (χ3v) is 6.22. The lowest BCUT2D eigenvalue weighted by Gasteiger charge is -2.27. The van der Waals surface area contributed by atoms with Gasteiger partial charge in [0.1, 0.15) is 11.5 Å². The minimum absolute atomic E-state index is 0.0504. The number of fused-ring (bicyclic) bond motifs is 1. The van der Waals surface area contributed by atoms with Crippen LogP contribution in [-0.2, 0) is 22.6 Å². The second-order valence-electron chi connectivity index (χ2n) is 7.86. The molecule has 0 bridgehead atoms. The first-order valence-corrected chi connectivity index (χ1v) is 10.6. The van der Waals surface area contributed by atoms with E-state index < -0.39 is 0 Å². The highest BCUT2D eigenvalue weighted by Gasteiger charge is 2.28. The lowest BCUT2D eigenvalue weighted by molar-refractivity contribution is -0.127. The van der Waals surface area contributed by atoms with Crippen molar-refractivity contribution in [2.24, 2.45) is 0 Å². The number of likely N-dealkylation sites (N-methyl/N-ethyl adjacent to an activating group) is 1. The van der Waals surface area contributed by atoms with Gasteiger partial charge in [-0.15, -0.1) is 0 Å². The van der Waals surface area contributed by atoms with Crippen LogP contribution in [-0.4, -0.2) is 70.6 Å². The van der Waals surface area contributed by atoms with E-state index in [0.717, 1.165) is 13.0 Å². The number of hydrogen-bond acceptors (Lipinski definition) is 5. The van der Waals surface area contributed by atoms with Gasteiger partial charge in [0.05, 0.1) is 29.6 Å². The maximum atomic E-state index is 12.7. The summed E-state index contributed by atoms with van der Waals surface area (Å²) in [6.45, 7) is 2.25. The minimum atomic E-state index is -0.275. The van der Waals surface area contributed by atoms with Crippen molar-refractivity contribution in [2.45, 2.75) is 31.7 Å². The van der Waals surface area contributed by atoms with Gasteiger partial charge < -0.3 is 19.5 Å². The number of aromatic nitrogens is 2. The Morgan fingerprint density at radius 2 is 2.10 bits per heavy atom. The van der Waals surface area contributed by atoms with Gasteiger partial charge in [-0.25, -0.2) is 4.98 Å². The number of ether oxygens (including phenoxy) is 1.